The zero-order valence-corrected chi connectivity index (χ0v) is 46.1. The van der Waals surface area contributed by atoms with Gasteiger partial charge in [0, 0.05) is 54.7 Å². The number of hydrogen-bond donors (Lipinski definition) is 0. The lowest BCUT2D eigenvalue weighted by Gasteiger charge is -2.27. The smallest absolute Gasteiger partial charge is 0.147 e. The van der Waals surface area contributed by atoms with Crippen molar-refractivity contribution in [3.63, 3.8) is 0 Å². The summed E-state index contributed by atoms with van der Waals surface area (Å²) in [7, 11) is 0. The van der Waals surface area contributed by atoms with Crippen molar-refractivity contribution in [3.8, 4) is 16.9 Å². The molecule has 14 aromatic rings. The second-order valence-corrected chi connectivity index (χ2v) is 23.5. The summed E-state index contributed by atoms with van der Waals surface area (Å²) in [4.78, 5) is 0. The van der Waals surface area contributed by atoms with Crippen LogP contribution in [0.2, 0.25) is 0 Å². The molecule has 0 saturated heterocycles. The quantitative estimate of drug-likeness (QED) is 0.165. The maximum absolute atomic E-state index is 6.90. The second-order valence-electron chi connectivity index (χ2n) is 23.5. The maximum Gasteiger partial charge on any atom is 0.147 e. The Morgan fingerprint density at radius 2 is 1.04 bits per heavy atom. The Bertz CT molecular complexity index is 5530. The molecule has 6 heterocycles. The van der Waals surface area contributed by atoms with Gasteiger partial charge in [-0.2, -0.15) is 0 Å². The molecule has 9 aromatic carbocycles. The van der Waals surface area contributed by atoms with Gasteiger partial charge in [0.15, 0.2) is 0 Å². The number of fused-ring (bicyclic) bond motifs is 21. The van der Waals surface area contributed by atoms with Crippen molar-refractivity contribution in [3.05, 3.63) is 281 Å². The van der Waals surface area contributed by atoms with Gasteiger partial charge in [-0.05, 0) is 190 Å². The van der Waals surface area contributed by atoms with E-state index in [1.165, 1.54) is 50.1 Å². The van der Waals surface area contributed by atoms with Crippen LogP contribution >= 0.6 is 0 Å². The van der Waals surface area contributed by atoms with Gasteiger partial charge in [0.25, 0.3) is 0 Å². The molecule has 4 aliphatic carbocycles. The van der Waals surface area contributed by atoms with Crippen molar-refractivity contribution < 1.29 is 26.8 Å². The van der Waals surface area contributed by atoms with Crippen molar-refractivity contribution in [2.45, 2.75) is 43.9 Å². The highest BCUT2D eigenvalue weighted by Gasteiger charge is 2.37. The van der Waals surface area contributed by atoms with Gasteiger partial charge in [-0.3, -0.25) is 0 Å². The van der Waals surface area contributed by atoms with E-state index in [1.807, 2.05) is 0 Å². The number of furan rings is 5. The van der Waals surface area contributed by atoms with Crippen LogP contribution in [-0.2, 0) is 6.42 Å². The van der Waals surface area contributed by atoms with Crippen LogP contribution in [0.1, 0.15) is 76.7 Å². The summed E-state index contributed by atoms with van der Waals surface area (Å²) >= 11 is 0. The first kappa shape index (κ1) is 47.0. The summed E-state index contributed by atoms with van der Waals surface area (Å²) < 4.78 is 40.6. The molecule has 2 unspecified atom stereocenters. The average molecular weight is 1100 g/mol. The first-order chi connectivity index (χ1) is 42.0. The number of benzene rings is 9. The summed E-state index contributed by atoms with van der Waals surface area (Å²) in [5.41, 5.74) is 23.2. The molecule has 1 aliphatic heterocycles. The van der Waals surface area contributed by atoms with Crippen LogP contribution in [0.25, 0.3) is 133 Å². The fourth-order valence-corrected chi connectivity index (χ4v) is 14.5. The van der Waals surface area contributed by atoms with Gasteiger partial charge in [0.1, 0.15) is 67.5 Å². The average Bonchev–Trinajstić information content (AvgIpc) is 2.26. The lowest BCUT2D eigenvalue weighted by Crippen LogP contribution is -2.11. The number of ether oxygens (including phenoxy) is 1. The number of rotatable bonds is 6. The standard InChI is InChI=1S/C79H50O6/c1-4-10-44(11-5-1)47-16-23-56-57-24-33-71-74(77(57)83-65(56)27-17-47)62-41-50(20-30-68(62)80-71)53-36-54(51-21-31-69-63(42-51)75-72(81-69)34-25-58-60-39-48(45-12-6-2-7-13-45)18-28-66(60)84-78(58)75)38-55(37-53)52-22-32-70-64(43-52)76-73(82-70)35-26-59-61-40-49(46-14-8-3-9-15-46)19-29-67(61)85-79(59)76/h1-2,4-8,10-22,24-37,39-41,43,55,63H,3,9,23,38,42H2. The third kappa shape index (κ3) is 7.25. The van der Waals surface area contributed by atoms with Crippen molar-refractivity contribution in [1.29, 1.82) is 0 Å². The van der Waals surface area contributed by atoms with Gasteiger partial charge < -0.3 is 26.8 Å². The van der Waals surface area contributed by atoms with E-state index in [-0.39, 0.29) is 11.8 Å². The SMILES string of the molecule is C1=CC(c2ccc3oc4c(ccc5oc6ccc(C7C=C(c8ccc9oc%10ccc%11c%12c(oc%11c%10c9c8)C=CC(c8ccccc8)=CC%12)C=C(C8=CC=C9Oc%10ccc%11c(oc%12ccc(-c%13ccccc%13)cc%12%11)c%10C9C8)C7)cc6c54)c3c2)=CCC1. The molecule has 0 saturated carbocycles. The molecule has 402 valence electrons. The largest absolute Gasteiger partial charge is 0.461 e. The molecule has 5 aliphatic rings. The normalized spacial score (nSPS) is 17.6. The predicted molar refractivity (Wildman–Crippen MR) is 345 cm³/mol. The van der Waals surface area contributed by atoms with E-state index >= 15 is 0 Å². The Hall–Kier alpha value is -10.6. The summed E-state index contributed by atoms with van der Waals surface area (Å²) in [5.74, 6) is 2.71. The molecule has 5 aromatic heterocycles. The van der Waals surface area contributed by atoms with Crippen molar-refractivity contribution in [2.24, 2.45) is 0 Å². The molecule has 2 atom stereocenters. The predicted octanol–water partition coefficient (Wildman–Crippen LogP) is 22.0. The van der Waals surface area contributed by atoms with Crippen LogP contribution in [-0.4, -0.2) is 0 Å². The van der Waals surface area contributed by atoms with Crippen LogP contribution < -0.4 is 4.74 Å². The van der Waals surface area contributed by atoms with Crippen LogP contribution in [0.4, 0.5) is 0 Å². The minimum atomic E-state index is -0.0110. The Kier molecular flexibility index (Phi) is 9.93. The molecule has 0 fully saturated rings. The zero-order valence-electron chi connectivity index (χ0n) is 46.1. The molecular formula is C79H50O6. The van der Waals surface area contributed by atoms with E-state index in [0.29, 0.717) is 0 Å². The van der Waals surface area contributed by atoms with Crippen LogP contribution in [0.3, 0.4) is 0 Å². The van der Waals surface area contributed by atoms with Gasteiger partial charge in [-0.15, -0.1) is 0 Å². The monoisotopic (exact) mass is 1090 g/mol. The summed E-state index contributed by atoms with van der Waals surface area (Å²) in [6, 6.07) is 60.5. The molecule has 6 nitrogen and oxygen atoms in total. The van der Waals surface area contributed by atoms with Gasteiger partial charge in [-0.25, -0.2) is 0 Å². The van der Waals surface area contributed by atoms with Crippen LogP contribution in [0.5, 0.6) is 5.75 Å². The van der Waals surface area contributed by atoms with Crippen molar-refractivity contribution >= 4 is 122 Å². The van der Waals surface area contributed by atoms with Gasteiger partial charge in [-0.1, -0.05) is 134 Å². The molecule has 0 amide bonds. The highest BCUT2D eigenvalue weighted by atomic mass is 16.5. The van der Waals surface area contributed by atoms with E-state index in [2.05, 4.69) is 231 Å². The summed E-state index contributed by atoms with van der Waals surface area (Å²) in [5, 5.41) is 9.58. The van der Waals surface area contributed by atoms with E-state index in [9.17, 15) is 0 Å². The Morgan fingerprint density at radius 1 is 0.400 bits per heavy atom. The first-order valence-electron chi connectivity index (χ1n) is 29.6. The molecule has 0 bridgehead atoms. The Labute approximate surface area is 487 Å². The topological polar surface area (TPSA) is 74.9 Å². The third-order valence-electron chi connectivity index (χ3n) is 18.8. The fraction of sp³-hybridized carbons (Fsp3) is 0.0886. The lowest BCUT2D eigenvalue weighted by atomic mass is 9.77. The van der Waals surface area contributed by atoms with Crippen molar-refractivity contribution in [2.75, 3.05) is 0 Å². The van der Waals surface area contributed by atoms with Crippen molar-refractivity contribution in [1.82, 2.24) is 0 Å². The Balaban J connectivity index is 0.737. The summed E-state index contributed by atoms with van der Waals surface area (Å²) in [6.07, 6.45) is 27.3. The Morgan fingerprint density at radius 3 is 1.82 bits per heavy atom. The molecular weight excluding hydrogens is 1040 g/mol. The first-order valence-corrected chi connectivity index (χ1v) is 29.6. The molecule has 0 N–H and O–H groups in total. The maximum atomic E-state index is 6.90. The van der Waals surface area contributed by atoms with Crippen LogP contribution in [0, 0.1) is 0 Å². The molecule has 85 heavy (non-hydrogen) atoms. The summed E-state index contributed by atoms with van der Waals surface area (Å²) in [6.45, 7) is 0. The van der Waals surface area contributed by atoms with E-state index in [4.69, 9.17) is 26.8 Å². The lowest BCUT2D eigenvalue weighted by molar-refractivity contribution is 0.423. The van der Waals surface area contributed by atoms with E-state index in [1.54, 1.807) is 0 Å². The minimum absolute atomic E-state index is 0.0110. The highest BCUT2D eigenvalue weighted by molar-refractivity contribution is 6.23. The van der Waals surface area contributed by atoms with Gasteiger partial charge in [0.05, 0.1) is 16.7 Å². The van der Waals surface area contributed by atoms with E-state index in [0.717, 1.165) is 170 Å². The zero-order chi connectivity index (χ0) is 55.4. The fourth-order valence-electron chi connectivity index (χ4n) is 14.5. The second kappa shape index (κ2) is 18.0. The highest BCUT2D eigenvalue weighted by Crippen LogP contribution is 2.53. The van der Waals surface area contributed by atoms with Crippen LogP contribution in [0.15, 0.2) is 264 Å². The molecule has 6 heteroatoms. The minimum Gasteiger partial charge on any atom is -0.461 e. The van der Waals surface area contributed by atoms with Gasteiger partial charge in [0.2, 0.25) is 0 Å². The third-order valence-corrected chi connectivity index (χ3v) is 18.8. The molecule has 0 radical (unpaired) electrons. The van der Waals surface area contributed by atoms with E-state index < -0.39 is 0 Å². The molecule has 0 spiro atoms. The number of allylic oxidation sites excluding steroid dienone is 15. The van der Waals surface area contributed by atoms with Gasteiger partial charge >= 0.3 is 0 Å². The molecule has 19 rings (SSSR count). The number of hydrogen-bond acceptors (Lipinski definition) is 6.